The Bertz CT molecular complexity index is 1010. The molecule has 0 rings (SSSR count). The Hall–Kier alpha value is -0.990. The van der Waals surface area contributed by atoms with Crippen molar-refractivity contribution in [3.8, 4) is 0 Å². The van der Waals surface area contributed by atoms with Gasteiger partial charge in [-0.15, -0.1) is 0 Å². The van der Waals surface area contributed by atoms with E-state index in [0.29, 0.717) is 17.4 Å². The Morgan fingerprint density at radius 2 is 0.738 bits per heavy atom. The first-order chi connectivity index (χ1) is 29.5. The first kappa shape index (κ1) is 60.0. The Morgan fingerprint density at radius 3 is 1.05 bits per heavy atom. The van der Waals surface area contributed by atoms with Crippen LogP contribution in [0.3, 0.4) is 0 Å². The lowest BCUT2D eigenvalue weighted by Gasteiger charge is -2.24. The normalized spacial score (nSPS) is 13.3. The summed E-state index contributed by atoms with van der Waals surface area (Å²) in [5.41, 5.74) is 0. The quantitative estimate of drug-likeness (QED) is 0.0278. The fourth-order valence-electron chi connectivity index (χ4n) is 7.78. The van der Waals surface area contributed by atoms with E-state index in [1.165, 1.54) is 199 Å². The molecule has 0 heterocycles. The number of quaternary nitrogens is 1. The van der Waals surface area contributed by atoms with Gasteiger partial charge in [0, 0.05) is 12.8 Å². The van der Waals surface area contributed by atoms with E-state index in [2.05, 4.69) is 13.8 Å². The second-order valence-electron chi connectivity index (χ2n) is 19.3. The smallest absolute Gasteiger partial charge is 0.462 e. The highest BCUT2D eigenvalue weighted by atomic mass is 31.2. The number of phosphoric ester groups is 1. The van der Waals surface area contributed by atoms with Crippen LogP contribution in [-0.2, 0) is 32.7 Å². The number of likely N-dealkylation sites (N-methyl/N-ethyl adjacent to an activating group) is 1. The van der Waals surface area contributed by atoms with Crippen LogP contribution in [-0.4, -0.2) is 74.9 Å². The minimum Gasteiger partial charge on any atom is -0.462 e. The topological polar surface area (TPSA) is 108 Å². The second-order valence-corrected chi connectivity index (χ2v) is 20.7. The van der Waals surface area contributed by atoms with Crippen LogP contribution in [0.15, 0.2) is 0 Å². The highest BCUT2D eigenvalue weighted by molar-refractivity contribution is 7.47. The third-order valence-electron chi connectivity index (χ3n) is 11.9. The van der Waals surface area contributed by atoms with Gasteiger partial charge in [0.2, 0.25) is 0 Å². The van der Waals surface area contributed by atoms with Crippen LogP contribution in [0.1, 0.15) is 264 Å². The Morgan fingerprint density at radius 1 is 0.443 bits per heavy atom. The zero-order chi connectivity index (χ0) is 45.0. The SMILES string of the molecule is CCCCCCCCCCCCCCCCCCCCCCCCCCCCCCCCC(=O)OC(COC(=O)CCCCCCCCC)COP(=O)(O)OCC[N+](C)(C)C. The third kappa shape index (κ3) is 48.3. The molecule has 2 atom stereocenters. The molecule has 0 aromatic carbocycles. The average molecular weight is 889 g/mol. The maximum atomic E-state index is 12.7. The maximum Gasteiger partial charge on any atom is 0.472 e. The van der Waals surface area contributed by atoms with Gasteiger partial charge in [0.25, 0.3) is 0 Å². The molecule has 0 aliphatic rings. The summed E-state index contributed by atoms with van der Waals surface area (Å²) in [5.74, 6) is -0.789. The first-order valence-corrected chi connectivity index (χ1v) is 27.8. The van der Waals surface area contributed by atoms with Gasteiger partial charge in [-0.3, -0.25) is 18.6 Å². The molecule has 0 saturated heterocycles. The fourth-order valence-corrected chi connectivity index (χ4v) is 8.52. The number of carbonyl (C=O) groups excluding carboxylic acids is 2. The van der Waals surface area contributed by atoms with Gasteiger partial charge in [-0.05, 0) is 12.8 Å². The highest BCUT2D eigenvalue weighted by Crippen LogP contribution is 2.43. The molecular formula is C51H103NO8P+. The summed E-state index contributed by atoms with van der Waals surface area (Å²) >= 11 is 0. The third-order valence-corrected chi connectivity index (χ3v) is 12.9. The summed E-state index contributed by atoms with van der Waals surface area (Å²) in [6.07, 6.45) is 47.8. The van der Waals surface area contributed by atoms with Crippen LogP contribution in [0.5, 0.6) is 0 Å². The Balaban J connectivity index is 3.89. The molecule has 0 aromatic rings. The number of unbranched alkanes of at least 4 members (excludes halogenated alkanes) is 35. The standard InChI is InChI=1S/C51H102NO8P/c1-6-8-10-12-14-15-16-17-18-19-20-21-22-23-24-25-26-27-28-29-30-31-32-33-34-35-36-38-40-42-44-51(54)60-49(48-59-61(55,56)58-46-45-52(3,4)5)47-57-50(53)43-41-39-37-13-11-9-7-2/h49H,6-48H2,1-5H3/p+1. The van der Waals surface area contributed by atoms with Crippen LogP contribution >= 0.6 is 7.82 Å². The van der Waals surface area contributed by atoms with E-state index in [0.717, 1.165) is 38.5 Å². The summed E-state index contributed by atoms with van der Waals surface area (Å²) in [6, 6.07) is 0. The molecule has 0 bridgehead atoms. The average Bonchev–Trinajstić information content (AvgIpc) is 3.21. The van der Waals surface area contributed by atoms with Crippen LogP contribution in [0, 0.1) is 0 Å². The second kappa shape index (κ2) is 44.2. The van der Waals surface area contributed by atoms with Gasteiger partial charge in [0.15, 0.2) is 6.10 Å². The van der Waals surface area contributed by atoms with Crippen molar-refractivity contribution in [2.75, 3.05) is 47.5 Å². The van der Waals surface area contributed by atoms with Crippen LogP contribution in [0.2, 0.25) is 0 Å². The number of carbonyl (C=O) groups is 2. The number of hydrogen-bond donors (Lipinski definition) is 1. The number of ether oxygens (including phenoxy) is 2. The molecule has 9 nitrogen and oxygen atoms in total. The molecule has 61 heavy (non-hydrogen) atoms. The zero-order valence-electron chi connectivity index (χ0n) is 41.2. The van der Waals surface area contributed by atoms with Crippen molar-refractivity contribution in [2.45, 2.75) is 270 Å². The number of nitrogens with zero attached hydrogens (tertiary/aromatic N) is 1. The monoisotopic (exact) mass is 889 g/mol. The van der Waals surface area contributed by atoms with Crippen molar-refractivity contribution in [1.82, 2.24) is 0 Å². The molecule has 10 heteroatoms. The van der Waals surface area contributed by atoms with E-state index in [9.17, 15) is 19.0 Å². The van der Waals surface area contributed by atoms with Gasteiger partial charge in [0.05, 0.1) is 27.7 Å². The summed E-state index contributed by atoms with van der Waals surface area (Å²) in [6.45, 7) is 4.42. The molecule has 0 radical (unpaired) electrons. The summed E-state index contributed by atoms with van der Waals surface area (Å²) in [4.78, 5) is 35.3. The molecule has 0 saturated carbocycles. The molecule has 0 aliphatic carbocycles. The molecule has 364 valence electrons. The molecule has 1 N–H and O–H groups in total. The number of rotatable bonds is 49. The highest BCUT2D eigenvalue weighted by Gasteiger charge is 2.27. The number of esters is 2. The molecular weight excluding hydrogens is 786 g/mol. The van der Waals surface area contributed by atoms with E-state index < -0.39 is 26.5 Å². The molecule has 0 amide bonds. The van der Waals surface area contributed by atoms with Crippen molar-refractivity contribution in [2.24, 2.45) is 0 Å². The van der Waals surface area contributed by atoms with Crippen molar-refractivity contribution >= 4 is 19.8 Å². The van der Waals surface area contributed by atoms with E-state index in [1.807, 2.05) is 21.1 Å². The summed E-state index contributed by atoms with van der Waals surface area (Å²) in [5, 5.41) is 0. The van der Waals surface area contributed by atoms with Crippen molar-refractivity contribution in [3.63, 3.8) is 0 Å². The van der Waals surface area contributed by atoms with Crippen molar-refractivity contribution in [1.29, 1.82) is 0 Å². The van der Waals surface area contributed by atoms with Crippen LogP contribution < -0.4 is 0 Å². The minimum atomic E-state index is -4.36. The van der Waals surface area contributed by atoms with Crippen LogP contribution in [0.4, 0.5) is 0 Å². The number of hydrogen-bond acceptors (Lipinski definition) is 7. The molecule has 0 fully saturated rings. The summed E-state index contributed by atoms with van der Waals surface area (Å²) in [7, 11) is 1.49. The van der Waals surface area contributed by atoms with Gasteiger partial charge in [-0.2, -0.15) is 0 Å². The Labute approximate surface area is 378 Å². The molecule has 0 aromatic heterocycles. The predicted molar refractivity (Wildman–Crippen MR) is 257 cm³/mol. The van der Waals surface area contributed by atoms with Gasteiger partial charge in [0.1, 0.15) is 19.8 Å². The van der Waals surface area contributed by atoms with E-state index in [4.69, 9.17) is 18.5 Å². The Kier molecular flexibility index (Phi) is 43.5. The fraction of sp³-hybridized carbons (Fsp3) is 0.961. The van der Waals surface area contributed by atoms with Gasteiger partial charge < -0.3 is 18.9 Å². The molecule has 2 unspecified atom stereocenters. The van der Waals surface area contributed by atoms with E-state index in [-0.39, 0.29) is 25.6 Å². The molecule has 0 spiro atoms. The van der Waals surface area contributed by atoms with E-state index in [1.54, 1.807) is 0 Å². The largest absolute Gasteiger partial charge is 0.472 e. The summed E-state index contributed by atoms with van der Waals surface area (Å²) < 4.78 is 34.3. The number of phosphoric acid groups is 1. The van der Waals surface area contributed by atoms with Crippen molar-refractivity contribution < 1.29 is 42.1 Å². The predicted octanol–water partition coefficient (Wildman–Crippen LogP) is 15.5. The molecule has 0 aliphatic heterocycles. The van der Waals surface area contributed by atoms with Gasteiger partial charge in [-0.25, -0.2) is 4.57 Å². The minimum absolute atomic E-state index is 0.0366. The lowest BCUT2D eigenvalue weighted by molar-refractivity contribution is -0.870. The van der Waals surface area contributed by atoms with Crippen LogP contribution in [0.25, 0.3) is 0 Å². The van der Waals surface area contributed by atoms with E-state index >= 15 is 0 Å². The van der Waals surface area contributed by atoms with Crippen molar-refractivity contribution in [3.05, 3.63) is 0 Å². The first-order valence-electron chi connectivity index (χ1n) is 26.3. The lowest BCUT2D eigenvalue weighted by Crippen LogP contribution is -2.37. The van der Waals surface area contributed by atoms with Gasteiger partial charge >= 0.3 is 19.8 Å². The van der Waals surface area contributed by atoms with Gasteiger partial charge in [-0.1, -0.05) is 239 Å². The lowest BCUT2D eigenvalue weighted by atomic mass is 10.0. The maximum absolute atomic E-state index is 12.7. The zero-order valence-corrected chi connectivity index (χ0v) is 42.1.